The van der Waals surface area contributed by atoms with Crippen LogP contribution in [-0.4, -0.2) is 37.8 Å². The summed E-state index contributed by atoms with van der Waals surface area (Å²) in [6, 6.07) is 0. The fraction of sp³-hybridized carbons (Fsp3) is 0. The number of hydrogen-bond acceptors (Lipinski definition) is 8. The van der Waals surface area contributed by atoms with Gasteiger partial charge in [-0.3, -0.25) is 29.1 Å². The van der Waals surface area contributed by atoms with Crippen LogP contribution in [0.1, 0.15) is 0 Å². The van der Waals surface area contributed by atoms with Crippen LogP contribution in [0.25, 0.3) is 0 Å². The minimum Gasteiger partial charge on any atom is -0.290 e. The van der Waals surface area contributed by atoms with Crippen molar-refractivity contribution in [2.24, 2.45) is 0 Å². The van der Waals surface area contributed by atoms with Crippen LogP contribution in [0, 0.1) is 0 Å². The average molecular weight is 356 g/mol. The maximum absolute atomic E-state index is 12.2. The van der Waals surface area contributed by atoms with Gasteiger partial charge in [0.1, 0.15) is 11.4 Å². The zero-order chi connectivity index (χ0) is 19.0. The predicted molar refractivity (Wildman–Crippen MR) is 84.6 cm³/mol. The maximum Gasteiger partial charge on any atom is 0.353 e. The highest BCUT2D eigenvalue weighted by molar-refractivity contribution is 6.22. The topological polar surface area (TPSA) is 159 Å². The van der Waals surface area contributed by atoms with Crippen LogP contribution in [0.3, 0.4) is 0 Å². The zero-order valence-electron chi connectivity index (χ0n) is 12.7. The van der Waals surface area contributed by atoms with Gasteiger partial charge >= 0.3 is 17.1 Å². The summed E-state index contributed by atoms with van der Waals surface area (Å²) in [5.41, 5.74) is -4.74. The third kappa shape index (κ3) is 2.84. The Morgan fingerprint density at radius 3 is 1.50 bits per heavy atom. The number of allylic oxidation sites excluding steroid dienone is 6. The van der Waals surface area contributed by atoms with Crippen molar-refractivity contribution < 1.29 is 19.2 Å². The second kappa shape index (κ2) is 6.05. The highest BCUT2D eigenvalue weighted by Crippen LogP contribution is 2.18. The number of hydrogen-bond donors (Lipinski definition) is 2. The van der Waals surface area contributed by atoms with Gasteiger partial charge in [-0.15, -0.1) is 4.68 Å². The first kappa shape index (κ1) is 16.7. The van der Waals surface area contributed by atoms with E-state index in [0.717, 1.165) is 36.5 Å². The van der Waals surface area contributed by atoms with Crippen molar-refractivity contribution in [1.82, 2.24) is 14.6 Å². The predicted octanol–water partition coefficient (Wildman–Crippen LogP) is -2.65. The monoisotopic (exact) mass is 356 g/mol. The summed E-state index contributed by atoms with van der Waals surface area (Å²) in [4.78, 5) is 86.7. The van der Waals surface area contributed by atoms with Gasteiger partial charge in [-0.2, -0.15) is 0 Å². The summed E-state index contributed by atoms with van der Waals surface area (Å²) >= 11 is 0. The molecular formula is C15H8N4O7. The van der Waals surface area contributed by atoms with Gasteiger partial charge in [0.25, 0.3) is 0 Å². The van der Waals surface area contributed by atoms with Gasteiger partial charge in [-0.05, 0) is 24.3 Å². The molecule has 0 spiro atoms. The fourth-order valence-electron chi connectivity index (χ4n) is 2.28. The standard InChI is InChI=1S/C15H8N4O7/c20-7-1-3-11(22)9(5-7)18(10-6-8(21)2-4-12(10)23)19-14(25)16-13(24)17-15(19)26/h1-6H,(H2,16,17,24,25,26). The third-order valence-electron chi connectivity index (χ3n) is 3.34. The van der Waals surface area contributed by atoms with E-state index in [1.54, 1.807) is 9.97 Å². The highest BCUT2D eigenvalue weighted by atomic mass is 16.2. The Balaban J connectivity index is 2.34. The molecule has 0 aromatic carbocycles. The van der Waals surface area contributed by atoms with Gasteiger partial charge in [-0.25, -0.2) is 19.4 Å². The number of nitrogens with one attached hydrogen (secondary N) is 2. The molecule has 26 heavy (non-hydrogen) atoms. The Labute approximate surface area is 142 Å². The molecule has 1 aromatic heterocycles. The van der Waals surface area contributed by atoms with E-state index < -0.39 is 51.6 Å². The lowest BCUT2D eigenvalue weighted by atomic mass is 10.1. The number of nitrogens with zero attached hydrogens (tertiary/aromatic N) is 2. The van der Waals surface area contributed by atoms with Crippen LogP contribution < -0.4 is 22.1 Å². The second-order valence-corrected chi connectivity index (χ2v) is 5.07. The minimum atomic E-state index is -1.29. The lowest BCUT2D eigenvalue weighted by Gasteiger charge is -2.28. The maximum atomic E-state index is 12.2. The van der Waals surface area contributed by atoms with E-state index in [1.807, 2.05) is 0 Å². The number of carbonyl (C=O) groups excluding carboxylic acids is 4. The van der Waals surface area contributed by atoms with Gasteiger partial charge in [0, 0.05) is 12.2 Å². The Bertz CT molecular complexity index is 1080. The fourth-order valence-corrected chi connectivity index (χ4v) is 2.28. The van der Waals surface area contributed by atoms with Crippen molar-refractivity contribution in [3.05, 3.63) is 79.3 Å². The summed E-state index contributed by atoms with van der Waals surface area (Å²) in [7, 11) is 0. The average Bonchev–Trinajstić information content (AvgIpc) is 2.56. The number of aromatic amines is 2. The molecule has 0 atom stereocenters. The molecule has 2 aliphatic carbocycles. The summed E-state index contributed by atoms with van der Waals surface area (Å²) < 4.78 is 0.230. The van der Waals surface area contributed by atoms with E-state index in [1.165, 1.54) is 0 Å². The molecule has 2 aliphatic rings. The second-order valence-electron chi connectivity index (χ2n) is 5.07. The van der Waals surface area contributed by atoms with Crippen LogP contribution in [0.15, 0.2) is 62.2 Å². The molecule has 3 rings (SSSR count). The summed E-state index contributed by atoms with van der Waals surface area (Å²) in [6.45, 7) is 0. The third-order valence-corrected chi connectivity index (χ3v) is 3.34. The van der Waals surface area contributed by atoms with E-state index in [0.29, 0.717) is 5.01 Å². The van der Waals surface area contributed by atoms with Gasteiger partial charge in [-0.1, -0.05) is 0 Å². The van der Waals surface area contributed by atoms with Crippen molar-refractivity contribution in [2.75, 3.05) is 5.01 Å². The van der Waals surface area contributed by atoms with Crippen molar-refractivity contribution >= 4 is 23.1 Å². The molecule has 0 saturated heterocycles. The van der Waals surface area contributed by atoms with Crippen LogP contribution in [0.5, 0.6) is 0 Å². The quantitative estimate of drug-likeness (QED) is 0.555. The molecule has 1 aromatic rings. The molecule has 0 unspecified atom stereocenters. The molecule has 11 heteroatoms. The van der Waals surface area contributed by atoms with Crippen LogP contribution >= 0.6 is 0 Å². The van der Waals surface area contributed by atoms with Crippen molar-refractivity contribution in [3.63, 3.8) is 0 Å². The molecule has 0 amide bonds. The zero-order valence-corrected chi connectivity index (χ0v) is 12.7. The Hall–Kier alpha value is -4.15. The lowest BCUT2D eigenvalue weighted by Crippen LogP contribution is -2.55. The van der Waals surface area contributed by atoms with E-state index in [2.05, 4.69) is 0 Å². The molecule has 130 valence electrons. The SMILES string of the molecule is O=C1C=CC(=O)C(N(C2=CC(=O)C=CC2=O)n2c(=O)[nH]c(=O)[nH]c2=O)=C1. The van der Waals surface area contributed by atoms with Crippen molar-refractivity contribution in [1.29, 1.82) is 0 Å². The van der Waals surface area contributed by atoms with E-state index in [9.17, 15) is 33.6 Å². The van der Waals surface area contributed by atoms with Crippen LogP contribution in [-0.2, 0) is 19.2 Å². The van der Waals surface area contributed by atoms with Crippen molar-refractivity contribution in [2.45, 2.75) is 0 Å². The summed E-state index contributed by atoms with van der Waals surface area (Å²) in [5, 5.41) is 0.518. The molecule has 0 fully saturated rings. The Morgan fingerprint density at radius 2 is 1.08 bits per heavy atom. The molecule has 0 aliphatic heterocycles. The number of aromatic nitrogens is 3. The summed E-state index contributed by atoms with van der Waals surface area (Å²) in [5.74, 6) is -2.91. The molecule has 0 bridgehead atoms. The minimum absolute atomic E-state index is 0.230. The van der Waals surface area contributed by atoms with E-state index in [4.69, 9.17) is 0 Å². The number of H-pyrrole nitrogens is 2. The van der Waals surface area contributed by atoms with Gasteiger partial charge in [0.05, 0.1) is 0 Å². The van der Waals surface area contributed by atoms with Crippen molar-refractivity contribution in [3.8, 4) is 0 Å². The van der Waals surface area contributed by atoms with Gasteiger partial charge < -0.3 is 0 Å². The molecule has 2 N–H and O–H groups in total. The first-order chi connectivity index (χ1) is 12.3. The summed E-state index contributed by atoms with van der Waals surface area (Å²) in [6.07, 6.45) is 5.23. The smallest absolute Gasteiger partial charge is 0.290 e. The van der Waals surface area contributed by atoms with E-state index >= 15 is 0 Å². The van der Waals surface area contributed by atoms with Gasteiger partial charge in [0.2, 0.25) is 11.6 Å². The molecule has 11 nitrogen and oxygen atoms in total. The normalized spacial score (nSPS) is 16.6. The highest BCUT2D eigenvalue weighted by Gasteiger charge is 2.31. The number of rotatable bonds is 3. The number of carbonyl (C=O) groups is 4. The Morgan fingerprint density at radius 1 is 0.654 bits per heavy atom. The first-order valence-corrected chi connectivity index (χ1v) is 7.00. The molecule has 0 radical (unpaired) electrons. The number of ketones is 4. The first-order valence-electron chi connectivity index (χ1n) is 7.00. The molecule has 0 saturated carbocycles. The van der Waals surface area contributed by atoms with Gasteiger partial charge in [0.15, 0.2) is 11.6 Å². The molecule has 1 heterocycles. The van der Waals surface area contributed by atoms with Crippen LogP contribution in [0.4, 0.5) is 0 Å². The molecular weight excluding hydrogens is 348 g/mol. The van der Waals surface area contributed by atoms with Crippen LogP contribution in [0.2, 0.25) is 0 Å². The Kier molecular flexibility index (Phi) is 3.89. The lowest BCUT2D eigenvalue weighted by molar-refractivity contribution is -0.115. The largest absolute Gasteiger partial charge is 0.353 e. The van der Waals surface area contributed by atoms with E-state index in [-0.39, 0.29) is 4.68 Å².